The van der Waals surface area contributed by atoms with Crippen LogP contribution in [-0.2, 0) is 4.79 Å². The van der Waals surface area contributed by atoms with Crippen LogP contribution in [0.2, 0.25) is 0 Å². The maximum Gasteiger partial charge on any atom is 0.321 e. The third-order valence-corrected chi connectivity index (χ3v) is 3.57. The second-order valence-corrected chi connectivity index (χ2v) is 4.05. The lowest BCUT2D eigenvalue weighted by Crippen LogP contribution is -2.42. The minimum Gasteiger partial charge on any atom is -0.480 e. The molecule has 0 aromatic rings. The van der Waals surface area contributed by atoms with Crippen LogP contribution in [0.15, 0.2) is 0 Å². The molecule has 1 saturated heterocycles. The summed E-state index contributed by atoms with van der Waals surface area (Å²) in [5, 5.41) is 12.0. The van der Waals surface area contributed by atoms with E-state index < -0.39 is 5.97 Å². The molecule has 0 spiro atoms. The molecular formula is C8H11NO2. The Labute approximate surface area is 64.8 Å². The molecule has 2 saturated carbocycles. The van der Waals surface area contributed by atoms with Gasteiger partial charge in [0.25, 0.3) is 0 Å². The molecule has 3 aliphatic rings. The maximum atomic E-state index is 10.7. The maximum absolute atomic E-state index is 10.7. The van der Waals surface area contributed by atoms with Crippen LogP contribution < -0.4 is 5.32 Å². The van der Waals surface area contributed by atoms with Crippen LogP contribution >= 0.6 is 0 Å². The summed E-state index contributed by atoms with van der Waals surface area (Å²) >= 11 is 0. The van der Waals surface area contributed by atoms with E-state index in [0.29, 0.717) is 12.0 Å². The molecule has 2 bridgehead atoms. The summed E-state index contributed by atoms with van der Waals surface area (Å²) < 4.78 is 0. The van der Waals surface area contributed by atoms with Gasteiger partial charge in [0.15, 0.2) is 0 Å². The van der Waals surface area contributed by atoms with Crippen LogP contribution in [0, 0.1) is 17.8 Å². The fourth-order valence-corrected chi connectivity index (χ4v) is 3.02. The van der Waals surface area contributed by atoms with Crippen LogP contribution in [0.1, 0.15) is 12.8 Å². The normalized spacial score (nSPS) is 57.6. The molecule has 0 amide bonds. The number of aliphatic carboxylic acids is 1. The van der Waals surface area contributed by atoms with Gasteiger partial charge in [-0.3, -0.25) is 4.79 Å². The highest BCUT2D eigenvalue weighted by atomic mass is 16.4. The van der Waals surface area contributed by atoms with Crippen molar-refractivity contribution in [2.45, 2.75) is 24.9 Å². The first kappa shape index (κ1) is 6.00. The molecule has 5 unspecified atom stereocenters. The summed E-state index contributed by atoms with van der Waals surface area (Å²) in [7, 11) is 0. The molecule has 5 atom stereocenters. The number of carboxylic acids is 1. The highest BCUT2D eigenvalue weighted by Crippen LogP contribution is 2.59. The second kappa shape index (κ2) is 1.61. The fourth-order valence-electron chi connectivity index (χ4n) is 3.02. The predicted octanol–water partition coefficient (Wildman–Crippen LogP) is 0.0674. The molecule has 0 aromatic heterocycles. The van der Waals surface area contributed by atoms with E-state index in [1.54, 1.807) is 0 Å². The van der Waals surface area contributed by atoms with Crippen LogP contribution in [0.3, 0.4) is 0 Å². The highest BCUT2D eigenvalue weighted by molar-refractivity contribution is 5.75. The molecule has 3 heteroatoms. The van der Waals surface area contributed by atoms with E-state index in [-0.39, 0.29) is 6.04 Å². The molecule has 1 heterocycles. The minimum atomic E-state index is -0.650. The van der Waals surface area contributed by atoms with E-state index in [4.69, 9.17) is 5.11 Å². The van der Waals surface area contributed by atoms with Gasteiger partial charge in [-0.15, -0.1) is 0 Å². The van der Waals surface area contributed by atoms with Gasteiger partial charge in [-0.05, 0) is 30.6 Å². The summed E-state index contributed by atoms with van der Waals surface area (Å²) in [6, 6.07) is 0.329. The Balaban J connectivity index is 1.87. The zero-order valence-electron chi connectivity index (χ0n) is 6.16. The molecule has 3 fully saturated rings. The van der Waals surface area contributed by atoms with E-state index in [2.05, 4.69) is 5.32 Å². The molecule has 2 N–H and O–H groups in total. The van der Waals surface area contributed by atoms with Crippen molar-refractivity contribution in [2.24, 2.45) is 17.8 Å². The zero-order valence-corrected chi connectivity index (χ0v) is 6.16. The Kier molecular flexibility index (Phi) is 0.876. The summed E-state index contributed by atoms with van der Waals surface area (Å²) in [5.74, 6) is 1.42. The SMILES string of the molecule is O=C(O)C1NC2CC1C1CC21. The first-order valence-electron chi connectivity index (χ1n) is 4.26. The van der Waals surface area contributed by atoms with Crippen LogP contribution in [0.25, 0.3) is 0 Å². The lowest BCUT2D eigenvalue weighted by molar-refractivity contribution is -0.140. The summed E-state index contributed by atoms with van der Waals surface area (Å²) in [5.41, 5.74) is 0. The number of hydrogen-bond donors (Lipinski definition) is 2. The van der Waals surface area contributed by atoms with Gasteiger partial charge in [-0.1, -0.05) is 0 Å². The summed E-state index contributed by atoms with van der Waals surface area (Å²) in [4.78, 5) is 10.7. The Morgan fingerprint density at radius 1 is 1.27 bits per heavy atom. The van der Waals surface area contributed by atoms with Crippen molar-refractivity contribution in [3.63, 3.8) is 0 Å². The van der Waals surface area contributed by atoms with E-state index in [1.165, 1.54) is 6.42 Å². The lowest BCUT2D eigenvalue weighted by atomic mass is 9.98. The van der Waals surface area contributed by atoms with Gasteiger partial charge >= 0.3 is 5.97 Å². The number of nitrogens with one attached hydrogen (secondary N) is 1. The Bertz CT molecular complexity index is 228. The minimum absolute atomic E-state index is 0.219. The zero-order chi connectivity index (χ0) is 7.59. The Morgan fingerprint density at radius 3 is 2.64 bits per heavy atom. The van der Waals surface area contributed by atoms with Gasteiger partial charge in [0.05, 0.1) is 0 Å². The Morgan fingerprint density at radius 2 is 2.09 bits per heavy atom. The molecule has 1 aliphatic heterocycles. The third kappa shape index (κ3) is 0.601. The van der Waals surface area contributed by atoms with Gasteiger partial charge in [0, 0.05) is 6.04 Å². The van der Waals surface area contributed by atoms with Gasteiger partial charge < -0.3 is 10.4 Å². The van der Waals surface area contributed by atoms with E-state index in [9.17, 15) is 4.79 Å². The van der Waals surface area contributed by atoms with Gasteiger partial charge in [-0.2, -0.15) is 0 Å². The van der Waals surface area contributed by atoms with Crippen LogP contribution in [0.4, 0.5) is 0 Å². The molecule has 0 aromatic carbocycles. The quantitative estimate of drug-likeness (QED) is 0.560. The molecule has 2 aliphatic carbocycles. The monoisotopic (exact) mass is 153 g/mol. The van der Waals surface area contributed by atoms with Crippen LogP contribution in [-0.4, -0.2) is 23.2 Å². The largest absolute Gasteiger partial charge is 0.480 e. The second-order valence-electron chi connectivity index (χ2n) is 4.05. The van der Waals surface area contributed by atoms with Crippen molar-refractivity contribution in [2.75, 3.05) is 0 Å². The molecule has 3 nitrogen and oxygen atoms in total. The molecule has 0 radical (unpaired) electrons. The number of fused-ring (bicyclic) bond motifs is 5. The van der Waals surface area contributed by atoms with E-state index >= 15 is 0 Å². The third-order valence-electron chi connectivity index (χ3n) is 3.57. The lowest BCUT2D eigenvalue weighted by Gasteiger charge is -2.17. The standard InChI is InChI=1S/C8H11NO2/c10-8(11)7-5-2-6(9-7)4-1-3(4)5/h3-7,9H,1-2H2,(H,10,11). The predicted molar refractivity (Wildman–Crippen MR) is 38.1 cm³/mol. The number of rotatable bonds is 1. The fraction of sp³-hybridized carbons (Fsp3) is 0.875. The molecule has 3 rings (SSSR count). The van der Waals surface area contributed by atoms with E-state index in [0.717, 1.165) is 18.3 Å². The molecule has 60 valence electrons. The van der Waals surface area contributed by atoms with E-state index in [1.807, 2.05) is 0 Å². The van der Waals surface area contributed by atoms with Crippen molar-refractivity contribution < 1.29 is 9.90 Å². The smallest absolute Gasteiger partial charge is 0.321 e. The van der Waals surface area contributed by atoms with Crippen molar-refractivity contribution in [1.29, 1.82) is 0 Å². The number of hydrogen-bond acceptors (Lipinski definition) is 2. The van der Waals surface area contributed by atoms with Crippen molar-refractivity contribution in [3.05, 3.63) is 0 Å². The molecule has 11 heavy (non-hydrogen) atoms. The first-order valence-corrected chi connectivity index (χ1v) is 4.26. The van der Waals surface area contributed by atoms with Gasteiger partial charge in [0.2, 0.25) is 0 Å². The number of carboxylic acid groups (broad SMARTS) is 1. The Hall–Kier alpha value is -0.570. The summed E-state index contributed by atoms with van der Waals surface area (Å²) in [6.45, 7) is 0. The number of carbonyl (C=O) groups is 1. The van der Waals surface area contributed by atoms with Gasteiger partial charge in [0.1, 0.15) is 6.04 Å². The molecular weight excluding hydrogens is 142 g/mol. The van der Waals surface area contributed by atoms with Crippen LogP contribution in [0.5, 0.6) is 0 Å². The highest BCUT2D eigenvalue weighted by Gasteiger charge is 2.62. The number of piperidine rings is 1. The average molecular weight is 153 g/mol. The first-order chi connectivity index (χ1) is 5.27. The van der Waals surface area contributed by atoms with Gasteiger partial charge in [-0.25, -0.2) is 0 Å². The topological polar surface area (TPSA) is 49.3 Å². The van der Waals surface area contributed by atoms with Crippen molar-refractivity contribution in [3.8, 4) is 0 Å². The average Bonchev–Trinajstić information content (AvgIpc) is 2.57. The summed E-state index contributed by atoms with van der Waals surface area (Å²) in [6.07, 6.45) is 2.40. The van der Waals surface area contributed by atoms with Crippen molar-refractivity contribution in [1.82, 2.24) is 5.32 Å². The van der Waals surface area contributed by atoms with Crippen molar-refractivity contribution >= 4 is 5.97 Å².